The van der Waals surface area contributed by atoms with Crippen molar-refractivity contribution < 1.29 is 4.79 Å². The van der Waals surface area contributed by atoms with E-state index in [0.29, 0.717) is 0 Å². The van der Waals surface area contributed by atoms with Crippen molar-refractivity contribution in [1.29, 1.82) is 0 Å². The fourth-order valence-corrected chi connectivity index (χ4v) is 2.70. The lowest BCUT2D eigenvalue weighted by Gasteiger charge is -2.09. The van der Waals surface area contributed by atoms with Gasteiger partial charge < -0.3 is 0 Å². The maximum absolute atomic E-state index is 11.3. The second-order valence-electron chi connectivity index (χ2n) is 3.26. The van der Waals surface area contributed by atoms with E-state index in [0.717, 1.165) is 29.3 Å². The van der Waals surface area contributed by atoms with Crippen LogP contribution in [0.15, 0.2) is 0 Å². The number of carbonyl (C=O) groups excluding carboxylic acids is 1. The summed E-state index contributed by atoms with van der Waals surface area (Å²) in [5, 5.41) is 4.35. The molecule has 1 aromatic heterocycles. The summed E-state index contributed by atoms with van der Waals surface area (Å²) >= 11 is 1.88. The Hall–Kier alpha value is -0.770. The van der Waals surface area contributed by atoms with Crippen LogP contribution in [-0.4, -0.2) is 21.3 Å². The summed E-state index contributed by atoms with van der Waals surface area (Å²) in [6.07, 6.45) is 0.989. The standard InChI is InChI=1S/C9H12N2OS/c1-6(12)9-7-3-4-13-5-8(7)10-11(9)2/h3-5H2,1-2H3. The van der Waals surface area contributed by atoms with Gasteiger partial charge in [0.05, 0.1) is 5.69 Å². The summed E-state index contributed by atoms with van der Waals surface area (Å²) in [5.74, 6) is 2.19. The molecule has 0 atom stereocenters. The van der Waals surface area contributed by atoms with Crippen LogP contribution in [0.2, 0.25) is 0 Å². The van der Waals surface area contributed by atoms with E-state index >= 15 is 0 Å². The second kappa shape index (κ2) is 3.18. The van der Waals surface area contributed by atoms with Gasteiger partial charge in [0.2, 0.25) is 0 Å². The highest BCUT2D eigenvalue weighted by atomic mass is 32.2. The summed E-state index contributed by atoms with van der Waals surface area (Å²) in [6.45, 7) is 1.61. The van der Waals surface area contributed by atoms with Crippen LogP contribution < -0.4 is 0 Å². The lowest BCUT2D eigenvalue weighted by molar-refractivity contribution is 0.100. The quantitative estimate of drug-likeness (QED) is 0.637. The van der Waals surface area contributed by atoms with E-state index in [9.17, 15) is 4.79 Å². The van der Waals surface area contributed by atoms with Crippen molar-refractivity contribution in [2.45, 2.75) is 19.1 Å². The minimum absolute atomic E-state index is 0.128. The number of fused-ring (bicyclic) bond motifs is 1. The number of thioether (sulfide) groups is 1. The number of carbonyl (C=O) groups is 1. The van der Waals surface area contributed by atoms with Crippen LogP contribution >= 0.6 is 11.8 Å². The monoisotopic (exact) mass is 196 g/mol. The molecule has 0 unspecified atom stereocenters. The molecule has 3 nitrogen and oxygen atoms in total. The third-order valence-electron chi connectivity index (χ3n) is 2.30. The molecule has 0 bridgehead atoms. The highest BCUT2D eigenvalue weighted by Gasteiger charge is 2.21. The summed E-state index contributed by atoms with van der Waals surface area (Å²) in [7, 11) is 1.85. The Morgan fingerprint density at radius 2 is 2.38 bits per heavy atom. The molecule has 1 aliphatic rings. The van der Waals surface area contributed by atoms with E-state index in [2.05, 4.69) is 5.10 Å². The number of Topliss-reactive ketones (excluding diaryl/α,β-unsaturated/α-hetero) is 1. The van der Waals surface area contributed by atoms with Crippen molar-refractivity contribution in [3.8, 4) is 0 Å². The molecule has 4 heteroatoms. The maximum atomic E-state index is 11.3. The Kier molecular flexibility index (Phi) is 2.15. The van der Waals surface area contributed by atoms with Crippen molar-refractivity contribution in [2.75, 3.05) is 5.75 Å². The van der Waals surface area contributed by atoms with Gasteiger partial charge in [-0.25, -0.2) is 0 Å². The zero-order valence-electron chi connectivity index (χ0n) is 7.83. The maximum Gasteiger partial charge on any atom is 0.178 e. The molecule has 1 aliphatic heterocycles. The molecular weight excluding hydrogens is 184 g/mol. The van der Waals surface area contributed by atoms with E-state index in [1.165, 1.54) is 5.56 Å². The van der Waals surface area contributed by atoms with Gasteiger partial charge in [0.25, 0.3) is 0 Å². The van der Waals surface area contributed by atoms with Crippen LogP contribution in [0.1, 0.15) is 28.7 Å². The highest BCUT2D eigenvalue weighted by molar-refractivity contribution is 7.98. The third-order valence-corrected chi connectivity index (χ3v) is 3.27. The summed E-state index contributed by atoms with van der Waals surface area (Å²) in [5.41, 5.74) is 3.08. The van der Waals surface area contributed by atoms with Crippen LogP contribution in [0.25, 0.3) is 0 Å². The van der Waals surface area contributed by atoms with Crippen molar-refractivity contribution in [2.24, 2.45) is 7.05 Å². The molecule has 0 fully saturated rings. The Morgan fingerprint density at radius 1 is 1.62 bits per heavy atom. The molecule has 70 valence electrons. The number of rotatable bonds is 1. The topological polar surface area (TPSA) is 34.9 Å². The van der Waals surface area contributed by atoms with Crippen molar-refractivity contribution in [1.82, 2.24) is 9.78 Å². The zero-order valence-corrected chi connectivity index (χ0v) is 8.65. The fraction of sp³-hybridized carbons (Fsp3) is 0.556. The molecule has 1 aromatic rings. The van der Waals surface area contributed by atoms with Crippen LogP contribution in [0.3, 0.4) is 0 Å². The molecule has 0 radical (unpaired) electrons. The number of hydrogen-bond acceptors (Lipinski definition) is 3. The van der Waals surface area contributed by atoms with Gasteiger partial charge in [0, 0.05) is 25.3 Å². The fourth-order valence-electron chi connectivity index (χ4n) is 1.79. The third kappa shape index (κ3) is 1.39. The first kappa shape index (κ1) is 8.81. The van der Waals surface area contributed by atoms with Gasteiger partial charge in [-0.3, -0.25) is 9.48 Å². The highest BCUT2D eigenvalue weighted by Crippen LogP contribution is 2.26. The molecule has 2 rings (SSSR count). The Labute approximate surface area is 81.5 Å². The van der Waals surface area contributed by atoms with Gasteiger partial charge in [-0.2, -0.15) is 16.9 Å². The minimum Gasteiger partial charge on any atom is -0.293 e. The smallest absolute Gasteiger partial charge is 0.178 e. The number of aromatic nitrogens is 2. The lowest BCUT2D eigenvalue weighted by atomic mass is 10.1. The number of aryl methyl sites for hydroxylation is 1. The molecule has 13 heavy (non-hydrogen) atoms. The van der Waals surface area contributed by atoms with Gasteiger partial charge in [-0.15, -0.1) is 0 Å². The minimum atomic E-state index is 0.128. The first-order valence-electron chi connectivity index (χ1n) is 4.33. The predicted molar refractivity (Wildman–Crippen MR) is 53.1 cm³/mol. The summed E-state index contributed by atoms with van der Waals surface area (Å²) in [6, 6.07) is 0. The molecule has 0 aromatic carbocycles. The number of ketones is 1. The first-order chi connectivity index (χ1) is 6.20. The Balaban J connectivity index is 2.54. The van der Waals surface area contributed by atoms with E-state index in [4.69, 9.17) is 0 Å². The molecular formula is C9H12N2OS. The van der Waals surface area contributed by atoms with Crippen molar-refractivity contribution >= 4 is 17.5 Å². The van der Waals surface area contributed by atoms with Crippen LogP contribution in [0.4, 0.5) is 0 Å². The largest absolute Gasteiger partial charge is 0.293 e. The van der Waals surface area contributed by atoms with E-state index in [1.54, 1.807) is 11.6 Å². The SMILES string of the molecule is CC(=O)c1c2c(nn1C)CSCC2. The molecule has 0 aliphatic carbocycles. The molecule has 0 saturated carbocycles. The van der Waals surface area contributed by atoms with Crippen LogP contribution in [0, 0.1) is 0 Å². The molecule has 0 spiro atoms. The van der Waals surface area contributed by atoms with Gasteiger partial charge in [-0.1, -0.05) is 0 Å². The molecule has 0 amide bonds. The average molecular weight is 196 g/mol. The Bertz CT molecular complexity index is 357. The van der Waals surface area contributed by atoms with Crippen LogP contribution in [0.5, 0.6) is 0 Å². The van der Waals surface area contributed by atoms with Gasteiger partial charge >= 0.3 is 0 Å². The van der Waals surface area contributed by atoms with Gasteiger partial charge in [0.15, 0.2) is 5.78 Å². The van der Waals surface area contributed by atoms with E-state index < -0.39 is 0 Å². The first-order valence-corrected chi connectivity index (χ1v) is 5.49. The Morgan fingerprint density at radius 3 is 3.08 bits per heavy atom. The normalized spacial score (nSPS) is 15.5. The average Bonchev–Trinajstić information content (AvgIpc) is 2.39. The van der Waals surface area contributed by atoms with Crippen molar-refractivity contribution in [3.05, 3.63) is 17.0 Å². The molecule has 0 N–H and O–H groups in total. The van der Waals surface area contributed by atoms with Gasteiger partial charge in [0.1, 0.15) is 5.69 Å². The predicted octanol–water partition coefficient (Wildman–Crippen LogP) is 1.41. The lowest BCUT2D eigenvalue weighted by Crippen LogP contribution is -2.07. The van der Waals surface area contributed by atoms with E-state index in [-0.39, 0.29) is 5.78 Å². The molecule has 2 heterocycles. The zero-order chi connectivity index (χ0) is 9.42. The van der Waals surface area contributed by atoms with Gasteiger partial charge in [-0.05, 0) is 12.2 Å². The van der Waals surface area contributed by atoms with E-state index in [1.807, 2.05) is 18.8 Å². The molecule has 0 saturated heterocycles. The summed E-state index contributed by atoms with van der Waals surface area (Å²) < 4.78 is 1.72. The number of nitrogens with zero attached hydrogens (tertiary/aromatic N) is 2. The van der Waals surface area contributed by atoms with Crippen LogP contribution in [-0.2, 0) is 19.2 Å². The summed E-state index contributed by atoms with van der Waals surface area (Å²) in [4.78, 5) is 11.3. The number of hydrogen-bond donors (Lipinski definition) is 0. The second-order valence-corrected chi connectivity index (χ2v) is 4.36. The van der Waals surface area contributed by atoms with Crippen molar-refractivity contribution in [3.63, 3.8) is 0 Å².